The molecule has 4 nitrogen and oxygen atoms in total. The van der Waals surface area contributed by atoms with Gasteiger partial charge < -0.3 is 10.2 Å². The Morgan fingerprint density at radius 3 is 2.00 bits per heavy atom. The van der Waals surface area contributed by atoms with Crippen molar-refractivity contribution in [2.45, 2.75) is 52.2 Å². The molecule has 0 aromatic heterocycles. The Morgan fingerprint density at radius 1 is 0.812 bits per heavy atom. The van der Waals surface area contributed by atoms with Crippen molar-refractivity contribution in [3.05, 3.63) is 107 Å². The number of hydrogen-bond acceptors (Lipinski definition) is 2. The van der Waals surface area contributed by atoms with Crippen LogP contribution in [0.15, 0.2) is 84.9 Å². The van der Waals surface area contributed by atoms with Crippen molar-refractivity contribution in [3.8, 4) is 0 Å². The number of carbonyl (C=O) groups is 2. The molecule has 0 saturated heterocycles. The third kappa shape index (κ3) is 6.81. The molecular weight excluding hydrogens is 396 g/mol. The molecule has 3 aromatic carbocycles. The second-order valence-electron chi connectivity index (χ2n) is 8.54. The van der Waals surface area contributed by atoms with Crippen LogP contribution in [0.4, 0.5) is 0 Å². The van der Waals surface area contributed by atoms with E-state index in [1.54, 1.807) is 4.90 Å². The van der Waals surface area contributed by atoms with Gasteiger partial charge in [-0.1, -0.05) is 90.5 Å². The Bertz CT molecular complexity index is 1020. The first kappa shape index (κ1) is 23.3. The van der Waals surface area contributed by atoms with E-state index in [-0.39, 0.29) is 24.3 Å². The number of aryl methyl sites for hydroxylation is 1. The predicted molar refractivity (Wildman–Crippen MR) is 129 cm³/mol. The van der Waals surface area contributed by atoms with Crippen LogP contribution >= 0.6 is 0 Å². The largest absolute Gasteiger partial charge is 0.352 e. The first-order valence-corrected chi connectivity index (χ1v) is 11.2. The fourth-order valence-electron chi connectivity index (χ4n) is 3.81. The molecule has 32 heavy (non-hydrogen) atoms. The van der Waals surface area contributed by atoms with Gasteiger partial charge in [-0.3, -0.25) is 9.59 Å². The number of amides is 2. The molecule has 0 unspecified atom stereocenters. The summed E-state index contributed by atoms with van der Waals surface area (Å²) in [5.41, 5.74) is 4.09. The molecule has 0 aliphatic heterocycles. The highest BCUT2D eigenvalue weighted by Gasteiger charge is 2.30. The van der Waals surface area contributed by atoms with Gasteiger partial charge in [0, 0.05) is 19.0 Å². The first-order chi connectivity index (χ1) is 15.4. The standard InChI is InChI=1S/C28H32N2O2/c1-21(2)29-28(32)26(18-23-12-6-4-7-13-23)30(20-24-14-8-5-9-15-24)27(31)19-25-16-10-11-22(3)17-25/h4-17,21,26H,18-20H2,1-3H3,(H,29,32)/t26-/m0/s1. The minimum absolute atomic E-state index is 0.00813. The maximum Gasteiger partial charge on any atom is 0.243 e. The summed E-state index contributed by atoms with van der Waals surface area (Å²) < 4.78 is 0. The van der Waals surface area contributed by atoms with E-state index in [0.29, 0.717) is 13.0 Å². The predicted octanol–water partition coefficient (Wildman–Crippen LogP) is 4.70. The lowest BCUT2D eigenvalue weighted by Gasteiger charge is -2.32. The molecule has 2 amide bonds. The van der Waals surface area contributed by atoms with E-state index in [9.17, 15) is 9.59 Å². The first-order valence-electron chi connectivity index (χ1n) is 11.2. The van der Waals surface area contributed by atoms with Gasteiger partial charge in [0.25, 0.3) is 0 Å². The van der Waals surface area contributed by atoms with Crippen LogP contribution < -0.4 is 5.32 Å². The summed E-state index contributed by atoms with van der Waals surface area (Å²) in [6.45, 7) is 6.28. The van der Waals surface area contributed by atoms with Crippen LogP contribution in [0.3, 0.4) is 0 Å². The van der Waals surface area contributed by atoms with Gasteiger partial charge in [0.05, 0.1) is 6.42 Å². The molecular formula is C28H32N2O2. The minimum Gasteiger partial charge on any atom is -0.352 e. The Hall–Kier alpha value is -3.40. The lowest BCUT2D eigenvalue weighted by Crippen LogP contribution is -2.52. The van der Waals surface area contributed by atoms with Gasteiger partial charge in [0.1, 0.15) is 6.04 Å². The molecule has 0 fully saturated rings. The van der Waals surface area contributed by atoms with Crippen molar-refractivity contribution in [1.29, 1.82) is 0 Å². The van der Waals surface area contributed by atoms with E-state index in [0.717, 1.165) is 22.3 Å². The zero-order chi connectivity index (χ0) is 22.9. The monoisotopic (exact) mass is 428 g/mol. The fourth-order valence-corrected chi connectivity index (χ4v) is 3.81. The van der Waals surface area contributed by atoms with Gasteiger partial charge in [-0.05, 0) is 37.5 Å². The average molecular weight is 429 g/mol. The molecule has 0 aliphatic carbocycles. The molecule has 0 spiro atoms. The Labute approximate surface area is 191 Å². The molecule has 1 N–H and O–H groups in total. The summed E-state index contributed by atoms with van der Waals surface area (Å²) in [4.78, 5) is 28.6. The van der Waals surface area contributed by atoms with Gasteiger partial charge >= 0.3 is 0 Å². The van der Waals surface area contributed by atoms with Gasteiger partial charge in [0.2, 0.25) is 11.8 Å². The summed E-state index contributed by atoms with van der Waals surface area (Å²) >= 11 is 0. The van der Waals surface area contributed by atoms with Crippen LogP contribution in [0.1, 0.15) is 36.1 Å². The van der Waals surface area contributed by atoms with Crippen molar-refractivity contribution in [3.63, 3.8) is 0 Å². The molecule has 3 aromatic rings. The minimum atomic E-state index is -0.600. The van der Waals surface area contributed by atoms with Crippen molar-refractivity contribution in [1.82, 2.24) is 10.2 Å². The van der Waals surface area contributed by atoms with Gasteiger partial charge in [-0.15, -0.1) is 0 Å². The third-order valence-corrected chi connectivity index (χ3v) is 5.34. The Balaban J connectivity index is 1.95. The number of nitrogens with zero attached hydrogens (tertiary/aromatic N) is 1. The van der Waals surface area contributed by atoms with Crippen LogP contribution in [0.2, 0.25) is 0 Å². The van der Waals surface area contributed by atoms with E-state index < -0.39 is 6.04 Å². The van der Waals surface area contributed by atoms with Crippen LogP contribution in [-0.2, 0) is 29.0 Å². The van der Waals surface area contributed by atoms with Crippen molar-refractivity contribution >= 4 is 11.8 Å². The topological polar surface area (TPSA) is 49.4 Å². The highest BCUT2D eigenvalue weighted by Crippen LogP contribution is 2.17. The Morgan fingerprint density at radius 2 is 1.41 bits per heavy atom. The zero-order valence-electron chi connectivity index (χ0n) is 19.1. The van der Waals surface area contributed by atoms with Crippen LogP contribution in [0.5, 0.6) is 0 Å². The van der Waals surface area contributed by atoms with Crippen LogP contribution in [0.25, 0.3) is 0 Å². The number of benzene rings is 3. The number of rotatable bonds is 9. The van der Waals surface area contributed by atoms with Gasteiger partial charge in [-0.25, -0.2) is 0 Å². The van der Waals surface area contributed by atoms with Gasteiger partial charge in [0.15, 0.2) is 0 Å². The number of nitrogens with one attached hydrogen (secondary N) is 1. The lowest BCUT2D eigenvalue weighted by atomic mass is 10.0. The summed E-state index contributed by atoms with van der Waals surface area (Å²) in [5, 5.41) is 3.02. The molecule has 0 saturated carbocycles. The van der Waals surface area contributed by atoms with Gasteiger partial charge in [-0.2, -0.15) is 0 Å². The highest BCUT2D eigenvalue weighted by atomic mass is 16.2. The summed E-state index contributed by atoms with van der Waals surface area (Å²) in [5.74, 6) is -0.184. The highest BCUT2D eigenvalue weighted by molar-refractivity contribution is 5.89. The molecule has 3 rings (SSSR count). The maximum absolute atomic E-state index is 13.6. The van der Waals surface area contributed by atoms with Crippen LogP contribution in [0, 0.1) is 6.92 Å². The van der Waals surface area contributed by atoms with Crippen molar-refractivity contribution < 1.29 is 9.59 Å². The molecule has 1 atom stereocenters. The molecule has 0 heterocycles. The Kier molecular flexibility index (Phi) is 8.20. The van der Waals surface area contributed by atoms with Crippen LogP contribution in [-0.4, -0.2) is 28.8 Å². The molecule has 0 radical (unpaired) electrons. The summed E-state index contributed by atoms with van der Waals surface area (Å²) in [6, 6.07) is 27.1. The molecule has 0 aliphatic rings. The molecule has 0 bridgehead atoms. The maximum atomic E-state index is 13.6. The zero-order valence-corrected chi connectivity index (χ0v) is 19.1. The summed E-state index contributed by atoms with van der Waals surface area (Å²) in [6.07, 6.45) is 0.723. The van der Waals surface area contributed by atoms with Crippen molar-refractivity contribution in [2.24, 2.45) is 0 Å². The average Bonchev–Trinajstić information content (AvgIpc) is 2.77. The van der Waals surface area contributed by atoms with E-state index in [2.05, 4.69) is 5.32 Å². The molecule has 166 valence electrons. The third-order valence-electron chi connectivity index (χ3n) is 5.34. The normalized spacial score (nSPS) is 11.8. The number of hydrogen-bond donors (Lipinski definition) is 1. The smallest absolute Gasteiger partial charge is 0.243 e. The fraction of sp³-hybridized carbons (Fsp3) is 0.286. The second kappa shape index (κ2) is 11.3. The summed E-state index contributed by atoms with van der Waals surface area (Å²) in [7, 11) is 0. The van der Waals surface area contributed by atoms with E-state index in [1.165, 1.54) is 0 Å². The second-order valence-corrected chi connectivity index (χ2v) is 8.54. The molecule has 4 heteroatoms. The number of carbonyl (C=O) groups excluding carboxylic acids is 2. The SMILES string of the molecule is Cc1cccc(CC(=O)N(Cc2ccccc2)[C@@H](Cc2ccccc2)C(=O)NC(C)C)c1. The quantitative estimate of drug-likeness (QED) is 0.537. The van der Waals surface area contributed by atoms with Crippen molar-refractivity contribution in [2.75, 3.05) is 0 Å². The van der Waals surface area contributed by atoms with E-state index in [1.807, 2.05) is 106 Å². The lowest BCUT2D eigenvalue weighted by molar-refractivity contribution is -0.141. The van der Waals surface area contributed by atoms with E-state index in [4.69, 9.17) is 0 Å². The van der Waals surface area contributed by atoms with E-state index >= 15 is 0 Å².